The Labute approximate surface area is 114 Å². The molecule has 1 aliphatic carbocycles. The molecule has 2 rings (SSSR count). The van der Waals surface area contributed by atoms with Crippen molar-refractivity contribution in [3.05, 3.63) is 11.9 Å². The third-order valence-corrected chi connectivity index (χ3v) is 3.65. The highest BCUT2D eigenvalue weighted by Crippen LogP contribution is 2.32. The largest absolute Gasteiger partial charge is 0.394 e. The second kappa shape index (κ2) is 6.19. The SMILES string of the molecule is CCCNc1cc(NC2(CO)CCCC2)nc(C)n1. The Balaban J connectivity index is 2.12. The molecule has 0 aliphatic heterocycles. The van der Waals surface area contributed by atoms with E-state index in [2.05, 4.69) is 27.5 Å². The van der Waals surface area contributed by atoms with Crippen LogP contribution in [-0.2, 0) is 0 Å². The van der Waals surface area contributed by atoms with Gasteiger partial charge < -0.3 is 15.7 Å². The van der Waals surface area contributed by atoms with Crippen LogP contribution in [0.5, 0.6) is 0 Å². The van der Waals surface area contributed by atoms with Crippen molar-refractivity contribution in [2.45, 2.75) is 51.5 Å². The number of aliphatic hydroxyl groups excluding tert-OH is 1. The van der Waals surface area contributed by atoms with Gasteiger partial charge in [0.1, 0.15) is 17.5 Å². The van der Waals surface area contributed by atoms with E-state index in [0.29, 0.717) is 0 Å². The maximum absolute atomic E-state index is 9.64. The molecule has 0 amide bonds. The first-order valence-electron chi connectivity index (χ1n) is 7.16. The Hall–Kier alpha value is -1.36. The standard InChI is InChI=1S/C14H24N4O/c1-3-8-15-12-9-13(17-11(2)16-12)18-14(10-19)6-4-5-7-14/h9,19H,3-8,10H2,1-2H3,(H2,15,16,17,18). The molecule has 1 aromatic rings. The van der Waals surface area contributed by atoms with Gasteiger partial charge in [0, 0.05) is 12.6 Å². The molecule has 19 heavy (non-hydrogen) atoms. The molecule has 0 saturated heterocycles. The number of nitrogens with zero attached hydrogens (tertiary/aromatic N) is 2. The summed E-state index contributed by atoms with van der Waals surface area (Å²) >= 11 is 0. The highest BCUT2D eigenvalue weighted by Gasteiger charge is 2.33. The van der Waals surface area contributed by atoms with Crippen LogP contribution in [0, 0.1) is 6.92 Å². The normalized spacial score (nSPS) is 17.4. The first-order valence-corrected chi connectivity index (χ1v) is 7.16. The summed E-state index contributed by atoms with van der Waals surface area (Å²) in [5.41, 5.74) is -0.192. The molecule has 0 bridgehead atoms. The molecular formula is C14H24N4O. The van der Waals surface area contributed by atoms with Crippen LogP contribution in [0.4, 0.5) is 11.6 Å². The predicted octanol–water partition coefficient (Wildman–Crippen LogP) is 2.32. The fourth-order valence-corrected chi connectivity index (χ4v) is 2.62. The Morgan fingerprint density at radius 2 is 1.95 bits per heavy atom. The lowest BCUT2D eigenvalue weighted by Gasteiger charge is -2.28. The molecule has 0 atom stereocenters. The highest BCUT2D eigenvalue weighted by atomic mass is 16.3. The van der Waals surface area contributed by atoms with Crippen LogP contribution in [0.15, 0.2) is 6.07 Å². The van der Waals surface area contributed by atoms with E-state index in [4.69, 9.17) is 0 Å². The lowest BCUT2D eigenvalue weighted by Crippen LogP contribution is -2.39. The van der Waals surface area contributed by atoms with E-state index in [1.54, 1.807) is 0 Å². The zero-order valence-electron chi connectivity index (χ0n) is 11.9. The molecule has 0 aromatic carbocycles. The van der Waals surface area contributed by atoms with E-state index in [1.807, 2.05) is 13.0 Å². The van der Waals surface area contributed by atoms with E-state index in [9.17, 15) is 5.11 Å². The molecule has 0 spiro atoms. The molecule has 1 aliphatic rings. The van der Waals surface area contributed by atoms with Gasteiger partial charge in [-0.05, 0) is 26.2 Å². The van der Waals surface area contributed by atoms with E-state index in [-0.39, 0.29) is 12.1 Å². The Bertz CT molecular complexity index is 416. The zero-order valence-corrected chi connectivity index (χ0v) is 11.9. The van der Waals surface area contributed by atoms with Crippen molar-refractivity contribution in [2.75, 3.05) is 23.8 Å². The number of aryl methyl sites for hydroxylation is 1. The average molecular weight is 264 g/mol. The van der Waals surface area contributed by atoms with Crippen molar-refractivity contribution in [1.29, 1.82) is 0 Å². The van der Waals surface area contributed by atoms with Crippen LogP contribution in [0.25, 0.3) is 0 Å². The number of anilines is 2. The van der Waals surface area contributed by atoms with Crippen molar-refractivity contribution in [3.8, 4) is 0 Å². The van der Waals surface area contributed by atoms with Crippen molar-refractivity contribution in [3.63, 3.8) is 0 Å². The fraction of sp³-hybridized carbons (Fsp3) is 0.714. The van der Waals surface area contributed by atoms with Gasteiger partial charge in [0.15, 0.2) is 0 Å². The average Bonchev–Trinajstić information content (AvgIpc) is 2.85. The first-order chi connectivity index (χ1) is 9.17. The molecule has 1 aromatic heterocycles. The third kappa shape index (κ3) is 3.56. The Morgan fingerprint density at radius 1 is 1.26 bits per heavy atom. The zero-order chi connectivity index (χ0) is 13.7. The summed E-state index contributed by atoms with van der Waals surface area (Å²) in [5.74, 6) is 2.40. The molecule has 0 unspecified atom stereocenters. The molecule has 5 nitrogen and oxygen atoms in total. The molecule has 1 saturated carbocycles. The molecular weight excluding hydrogens is 240 g/mol. The van der Waals surface area contributed by atoms with Crippen molar-refractivity contribution in [1.82, 2.24) is 9.97 Å². The van der Waals surface area contributed by atoms with E-state index < -0.39 is 0 Å². The minimum absolute atomic E-state index is 0.160. The van der Waals surface area contributed by atoms with Gasteiger partial charge in [-0.3, -0.25) is 0 Å². The summed E-state index contributed by atoms with van der Waals surface area (Å²) in [6, 6.07) is 1.93. The summed E-state index contributed by atoms with van der Waals surface area (Å²) in [6.45, 7) is 5.08. The minimum atomic E-state index is -0.192. The smallest absolute Gasteiger partial charge is 0.132 e. The van der Waals surface area contributed by atoms with Gasteiger partial charge in [-0.15, -0.1) is 0 Å². The van der Waals surface area contributed by atoms with Gasteiger partial charge in [0.2, 0.25) is 0 Å². The Kier molecular flexibility index (Phi) is 4.58. The highest BCUT2D eigenvalue weighted by molar-refractivity contribution is 5.49. The molecule has 1 fully saturated rings. The summed E-state index contributed by atoms with van der Waals surface area (Å²) in [6.07, 6.45) is 5.40. The minimum Gasteiger partial charge on any atom is -0.394 e. The molecule has 106 valence electrons. The predicted molar refractivity (Wildman–Crippen MR) is 77.5 cm³/mol. The van der Waals surface area contributed by atoms with Gasteiger partial charge in [0.25, 0.3) is 0 Å². The molecule has 5 heteroatoms. The number of nitrogens with one attached hydrogen (secondary N) is 2. The maximum Gasteiger partial charge on any atom is 0.132 e. The topological polar surface area (TPSA) is 70.1 Å². The van der Waals surface area contributed by atoms with E-state index in [1.165, 1.54) is 12.8 Å². The second-order valence-electron chi connectivity index (χ2n) is 5.38. The number of hydrogen-bond donors (Lipinski definition) is 3. The number of aromatic nitrogens is 2. The quantitative estimate of drug-likeness (QED) is 0.735. The number of hydrogen-bond acceptors (Lipinski definition) is 5. The van der Waals surface area contributed by atoms with Crippen LogP contribution in [0.2, 0.25) is 0 Å². The molecule has 0 radical (unpaired) electrons. The van der Waals surface area contributed by atoms with Crippen molar-refractivity contribution < 1.29 is 5.11 Å². The lowest BCUT2D eigenvalue weighted by atomic mass is 9.99. The molecule has 3 N–H and O–H groups in total. The van der Waals surface area contributed by atoms with Crippen LogP contribution < -0.4 is 10.6 Å². The number of rotatable bonds is 6. The number of aliphatic hydroxyl groups is 1. The van der Waals surface area contributed by atoms with Gasteiger partial charge in [-0.1, -0.05) is 19.8 Å². The maximum atomic E-state index is 9.64. The summed E-state index contributed by atoms with van der Waals surface area (Å²) < 4.78 is 0. The van der Waals surface area contributed by atoms with Crippen molar-refractivity contribution in [2.24, 2.45) is 0 Å². The third-order valence-electron chi connectivity index (χ3n) is 3.65. The monoisotopic (exact) mass is 264 g/mol. The fourth-order valence-electron chi connectivity index (χ4n) is 2.62. The Morgan fingerprint density at radius 3 is 2.58 bits per heavy atom. The van der Waals surface area contributed by atoms with Gasteiger partial charge in [-0.2, -0.15) is 0 Å². The van der Waals surface area contributed by atoms with Crippen LogP contribution in [0.3, 0.4) is 0 Å². The molecule has 1 heterocycles. The van der Waals surface area contributed by atoms with Crippen LogP contribution in [-0.4, -0.2) is 33.8 Å². The van der Waals surface area contributed by atoms with Gasteiger partial charge in [0.05, 0.1) is 12.1 Å². The summed E-state index contributed by atoms with van der Waals surface area (Å²) in [7, 11) is 0. The van der Waals surface area contributed by atoms with Crippen LogP contribution in [0.1, 0.15) is 44.9 Å². The van der Waals surface area contributed by atoms with Gasteiger partial charge >= 0.3 is 0 Å². The lowest BCUT2D eigenvalue weighted by molar-refractivity contribution is 0.214. The summed E-state index contributed by atoms with van der Waals surface area (Å²) in [5, 5.41) is 16.3. The first kappa shape index (κ1) is 14.1. The van der Waals surface area contributed by atoms with Crippen LogP contribution >= 0.6 is 0 Å². The second-order valence-corrected chi connectivity index (χ2v) is 5.38. The van der Waals surface area contributed by atoms with E-state index >= 15 is 0 Å². The summed E-state index contributed by atoms with van der Waals surface area (Å²) in [4.78, 5) is 8.79. The van der Waals surface area contributed by atoms with Gasteiger partial charge in [-0.25, -0.2) is 9.97 Å². The van der Waals surface area contributed by atoms with Crippen molar-refractivity contribution >= 4 is 11.6 Å². The van der Waals surface area contributed by atoms with E-state index in [0.717, 1.165) is 43.3 Å².